The van der Waals surface area contributed by atoms with Crippen LogP contribution in [0.25, 0.3) is 0 Å². The molecule has 0 saturated carbocycles. The van der Waals surface area contributed by atoms with Gasteiger partial charge in [-0.1, -0.05) is 13.0 Å². The number of nitrogens with zero attached hydrogens (tertiary/aromatic N) is 2. The summed E-state index contributed by atoms with van der Waals surface area (Å²) in [5, 5.41) is 16.9. The van der Waals surface area contributed by atoms with Crippen molar-refractivity contribution in [2.24, 2.45) is 4.99 Å². The monoisotopic (exact) mass is 234 g/mol. The number of non-ortho nitro benzene ring substituents is 1. The van der Waals surface area contributed by atoms with Crippen LogP contribution >= 0.6 is 0 Å². The summed E-state index contributed by atoms with van der Waals surface area (Å²) in [7, 11) is 0. The van der Waals surface area contributed by atoms with Gasteiger partial charge in [-0.15, -0.1) is 0 Å². The topological polar surface area (TPSA) is 79.6 Å². The van der Waals surface area contributed by atoms with Crippen LogP contribution in [0.4, 0.5) is 11.4 Å². The molecule has 0 spiro atoms. The summed E-state index contributed by atoms with van der Waals surface area (Å²) >= 11 is 0. The van der Waals surface area contributed by atoms with Crippen LogP contribution in [0.1, 0.15) is 12.5 Å². The first kappa shape index (κ1) is 11.4. The molecule has 1 heterocycles. The SMILES string of the molecule is CCc1ccc([N+](=O)[O-])cc1NC1=NCCN1. The number of aryl methyl sites for hydroxylation is 1. The molecule has 1 aromatic rings. The number of nitro benzene ring substituents is 1. The van der Waals surface area contributed by atoms with E-state index in [-0.39, 0.29) is 5.69 Å². The first-order valence-electron chi connectivity index (χ1n) is 5.53. The lowest BCUT2D eigenvalue weighted by molar-refractivity contribution is -0.384. The number of benzene rings is 1. The molecule has 17 heavy (non-hydrogen) atoms. The zero-order valence-corrected chi connectivity index (χ0v) is 9.56. The third kappa shape index (κ3) is 2.52. The smallest absolute Gasteiger partial charge is 0.271 e. The van der Waals surface area contributed by atoms with E-state index in [4.69, 9.17) is 0 Å². The molecule has 6 nitrogen and oxygen atoms in total. The second-order valence-corrected chi connectivity index (χ2v) is 3.73. The Morgan fingerprint density at radius 2 is 2.41 bits per heavy atom. The minimum atomic E-state index is -0.394. The molecule has 90 valence electrons. The van der Waals surface area contributed by atoms with Gasteiger partial charge in [-0.25, -0.2) is 0 Å². The Labute approximate surface area is 98.9 Å². The van der Waals surface area contributed by atoms with Crippen molar-refractivity contribution in [3.63, 3.8) is 0 Å². The number of hydrogen-bond donors (Lipinski definition) is 2. The number of hydrogen-bond acceptors (Lipinski definition) is 5. The highest BCUT2D eigenvalue weighted by Crippen LogP contribution is 2.23. The van der Waals surface area contributed by atoms with Crippen LogP contribution in [0, 0.1) is 10.1 Å². The quantitative estimate of drug-likeness (QED) is 0.614. The number of anilines is 1. The van der Waals surface area contributed by atoms with Crippen molar-refractivity contribution in [3.8, 4) is 0 Å². The van der Waals surface area contributed by atoms with Gasteiger partial charge < -0.3 is 10.6 Å². The van der Waals surface area contributed by atoms with Crippen molar-refractivity contribution < 1.29 is 4.92 Å². The van der Waals surface area contributed by atoms with E-state index in [2.05, 4.69) is 15.6 Å². The van der Waals surface area contributed by atoms with E-state index >= 15 is 0 Å². The third-order valence-corrected chi connectivity index (χ3v) is 2.61. The van der Waals surface area contributed by atoms with Crippen LogP contribution in [0.2, 0.25) is 0 Å². The van der Waals surface area contributed by atoms with Gasteiger partial charge in [-0.2, -0.15) is 0 Å². The molecule has 0 bridgehead atoms. The van der Waals surface area contributed by atoms with Gasteiger partial charge in [0.25, 0.3) is 5.69 Å². The molecule has 0 unspecified atom stereocenters. The van der Waals surface area contributed by atoms with Crippen LogP contribution < -0.4 is 10.6 Å². The molecule has 0 radical (unpaired) electrons. The van der Waals surface area contributed by atoms with E-state index in [0.29, 0.717) is 5.96 Å². The van der Waals surface area contributed by atoms with Gasteiger partial charge in [0.1, 0.15) is 0 Å². The Morgan fingerprint density at radius 3 is 3.00 bits per heavy atom. The molecule has 0 aliphatic carbocycles. The van der Waals surface area contributed by atoms with Gasteiger partial charge in [0.15, 0.2) is 5.96 Å². The minimum absolute atomic E-state index is 0.0864. The molecule has 0 saturated heterocycles. The van der Waals surface area contributed by atoms with E-state index in [0.717, 1.165) is 30.8 Å². The molecular weight excluding hydrogens is 220 g/mol. The summed E-state index contributed by atoms with van der Waals surface area (Å²) in [5.41, 5.74) is 1.87. The van der Waals surface area contributed by atoms with Gasteiger partial charge in [-0.05, 0) is 12.0 Å². The minimum Gasteiger partial charge on any atom is -0.354 e. The van der Waals surface area contributed by atoms with Crippen LogP contribution in [0.5, 0.6) is 0 Å². The van der Waals surface area contributed by atoms with Crippen LogP contribution in [0.15, 0.2) is 23.2 Å². The zero-order chi connectivity index (χ0) is 12.3. The summed E-state index contributed by atoms with van der Waals surface area (Å²) in [6, 6.07) is 4.84. The first-order valence-corrected chi connectivity index (χ1v) is 5.53. The van der Waals surface area contributed by atoms with Gasteiger partial charge in [-0.3, -0.25) is 15.1 Å². The molecule has 0 aromatic heterocycles. The predicted molar refractivity (Wildman–Crippen MR) is 66.4 cm³/mol. The maximum atomic E-state index is 10.7. The van der Waals surface area contributed by atoms with Crippen LogP contribution in [0.3, 0.4) is 0 Å². The van der Waals surface area contributed by atoms with E-state index in [1.54, 1.807) is 12.1 Å². The zero-order valence-electron chi connectivity index (χ0n) is 9.56. The second kappa shape index (κ2) is 4.82. The van der Waals surface area contributed by atoms with E-state index in [1.165, 1.54) is 6.07 Å². The number of nitro groups is 1. The molecule has 6 heteroatoms. The maximum Gasteiger partial charge on any atom is 0.271 e. The van der Waals surface area contributed by atoms with Crippen molar-refractivity contribution in [1.29, 1.82) is 0 Å². The van der Waals surface area contributed by atoms with Crippen molar-refractivity contribution in [2.45, 2.75) is 13.3 Å². The number of nitrogens with one attached hydrogen (secondary N) is 2. The Kier molecular flexibility index (Phi) is 3.22. The normalized spacial score (nSPS) is 14.1. The lowest BCUT2D eigenvalue weighted by Gasteiger charge is -2.10. The van der Waals surface area contributed by atoms with Crippen LogP contribution in [-0.2, 0) is 6.42 Å². The lowest BCUT2D eigenvalue weighted by atomic mass is 10.1. The fourth-order valence-corrected chi connectivity index (χ4v) is 1.71. The first-order chi connectivity index (χ1) is 8.20. The number of guanidine groups is 1. The third-order valence-electron chi connectivity index (χ3n) is 2.61. The molecule has 0 atom stereocenters. The van der Waals surface area contributed by atoms with Crippen molar-refractivity contribution in [2.75, 3.05) is 18.4 Å². The van der Waals surface area contributed by atoms with Gasteiger partial charge in [0, 0.05) is 18.7 Å². The summed E-state index contributed by atoms with van der Waals surface area (Å²) in [6.07, 6.45) is 0.813. The Morgan fingerprint density at radius 1 is 1.59 bits per heavy atom. The molecule has 0 fully saturated rings. The van der Waals surface area contributed by atoms with Gasteiger partial charge in [0.05, 0.1) is 17.2 Å². The van der Waals surface area contributed by atoms with Crippen molar-refractivity contribution in [3.05, 3.63) is 33.9 Å². The summed E-state index contributed by atoms with van der Waals surface area (Å²) in [6.45, 7) is 3.55. The highest BCUT2D eigenvalue weighted by Gasteiger charge is 2.12. The van der Waals surface area contributed by atoms with Gasteiger partial charge in [0.2, 0.25) is 0 Å². The highest BCUT2D eigenvalue weighted by atomic mass is 16.6. The average Bonchev–Trinajstić information content (AvgIpc) is 2.81. The average molecular weight is 234 g/mol. The molecular formula is C11H14N4O2. The molecule has 0 amide bonds. The highest BCUT2D eigenvalue weighted by molar-refractivity contribution is 5.95. The molecule has 1 aliphatic rings. The maximum absolute atomic E-state index is 10.7. The van der Waals surface area contributed by atoms with Gasteiger partial charge >= 0.3 is 0 Å². The largest absolute Gasteiger partial charge is 0.354 e. The van der Waals surface area contributed by atoms with E-state index < -0.39 is 4.92 Å². The summed E-state index contributed by atoms with van der Waals surface area (Å²) in [4.78, 5) is 14.5. The van der Waals surface area contributed by atoms with Crippen molar-refractivity contribution in [1.82, 2.24) is 5.32 Å². The lowest BCUT2D eigenvalue weighted by Crippen LogP contribution is -2.26. The van der Waals surface area contributed by atoms with Crippen molar-refractivity contribution >= 4 is 17.3 Å². The Bertz CT molecular complexity index is 471. The molecule has 2 rings (SSSR count). The fourth-order valence-electron chi connectivity index (χ4n) is 1.71. The number of rotatable bonds is 3. The van der Waals surface area contributed by atoms with E-state index in [9.17, 15) is 10.1 Å². The fraction of sp³-hybridized carbons (Fsp3) is 0.364. The second-order valence-electron chi connectivity index (χ2n) is 3.73. The Balaban J connectivity index is 2.28. The predicted octanol–water partition coefficient (Wildman–Crippen LogP) is 1.53. The molecule has 1 aromatic carbocycles. The summed E-state index contributed by atoms with van der Waals surface area (Å²) in [5.74, 6) is 0.681. The number of aliphatic imine (C=N–C) groups is 1. The van der Waals surface area contributed by atoms with E-state index in [1.807, 2.05) is 6.92 Å². The standard InChI is InChI=1S/C11H14N4O2/c1-2-8-3-4-9(15(16)17)7-10(8)14-11-12-5-6-13-11/h3-4,7H,2,5-6H2,1H3,(H2,12,13,14). The van der Waals surface area contributed by atoms with Crippen LogP contribution in [-0.4, -0.2) is 24.0 Å². The Hall–Kier alpha value is -2.11. The molecule has 2 N–H and O–H groups in total. The summed E-state index contributed by atoms with van der Waals surface area (Å²) < 4.78 is 0. The molecule has 1 aliphatic heterocycles.